The smallest absolute Gasteiger partial charge is 0.244 e. The number of hydrogen-bond acceptors (Lipinski definition) is 3. The van der Waals surface area contributed by atoms with Gasteiger partial charge in [0.1, 0.15) is 18.1 Å². The number of allylic oxidation sites excluding steroid dienone is 1. The van der Waals surface area contributed by atoms with Gasteiger partial charge in [0.05, 0.1) is 13.7 Å². The average Bonchev–Trinajstić information content (AvgIpc) is 2.60. The molecule has 1 N–H and O–H groups in total. The average molecular weight is 311 g/mol. The van der Waals surface area contributed by atoms with Gasteiger partial charge in [-0.2, -0.15) is 0 Å². The van der Waals surface area contributed by atoms with Gasteiger partial charge in [0, 0.05) is 6.08 Å². The fraction of sp³-hybridized carbons (Fsp3) is 0.211. The van der Waals surface area contributed by atoms with Crippen LogP contribution >= 0.6 is 0 Å². The molecule has 0 aliphatic carbocycles. The lowest BCUT2D eigenvalue weighted by molar-refractivity contribution is -0.116. The maximum atomic E-state index is 11.9. The number of carbonyl (C=O) groups is 1. The van der Waals surface area contributed by atoms with E-state index in [2.05, 4.69) is 5.32 Å². The summed E-state index contributed by atoms with van der Waals surface area (Å²) in [7, 11) is 1.62. The normalized spacial score (nSPS) is 11.0. The van der Waals surface area contributed by atoms with Crippen molar-refractivity contribution >= 4 is 11.5 Å². The van der Waals surface area contributed by atoms with Crippen LogP contribution in [0.2, 0.25) is 0 Å². The van der Waals surface area contributed by atoms with E-state index in [4.69, 9.17) is 9.47 Å². The summed E-state index contributed by atoms with van der Waals surface area (Å²) in [6, 6.07) is 17.1. The number of ether oxygens (including phenoxy) is 2. The van der Waals surface area contributed by atoms with Crippen LogP contribution in [0.3, 0.4) is 0 Å². The minimum Gasteiger partial charge on any atom is -0.497 e. The summed E-state index contributed by atoms with van der Waals surface area (Å²) in [6.45, 7) is 2.78. The van der Waals surface area contributed by atoms with E-state index in [1.54, 1.807) is 13.2 Å². The zero-order valence-electron chi connectivity index (χ0n) is 13.4. The van der Waals surface area contributed by atoms with Crippen molar-refractivity contribution < 1.29 is 14.3 Å². The van der Waals surface area contributed by atoms with Gasteiger partial charge in [-0.15, -0.1) is 0 Å². The lowest BCUT2D eigenvalue weighted by atomic mass is 10.1. The molecule has 0 bridgehead atoms. The predicted molar refractivity (Wildman–Crippen MR) is 91.6 cm³/mol. The van der Waals surface area contributed by atoms with Crippen molar-refractivity contribution in [1.82, 2.24) is 5.32 Å². The molecule has 2 aromatic carbocycles. The fourth-order valence-corrected chi connectivity index (χ4v) is 2.05. The highest BCUT2D eigenvalue weighted by Crippen LogP contribution is 2.16. The third-order valence-corrected chi connectivity index (χ3v) is 3.31. The zero-order chi connectivity index (χ0) is 16.5. The topological polar surface area (TPSA) is 47.6 Å². The summed E-state index contributed by atoms with van der Waals surface area (Å²) in [5.74, 6) is 1.41. The standard InChI is InChI=1S/C19H21NO3/c1-15(16-6-4-3-5-7-16)14-19(21)20-12-13-23-18-10-8-17(22-2)9-11-18/h3-11,14H,12-13H2,1-2H3,(H,20,21)/b15-14+. The summed E-state index contributed by atoms with van der Waals surface area (Å²) in [6.07, 6.45) is 1.60. The van der Waals surface area contributed by atoms with E-state index >= 15 is 0 Å². The molecule has 4 heteroatoms. The van der Waals surface area contributed by atoms with Gasteiger partial charge in [-0.05, 0) is 42.3 Å². The Balaban J connectivity index is 1.74. The lowest BCUT2D eigenvalue weighted by Crippen LogP contribution is -2.26. The van der Waals surface area contributed by atoms with Crippen LogP contribution < -0.4 is 14.8 Å². The Bertz CT molecular complexity index is 648. The van der Waals surface area contributed by atoms with Crippen LogP contribution in [0, 0.1) is 0 Å². The third kappa shape index (κ3) is 5.51. The van der Waals surface area contributed by atoms with Gasteiger partial charge in [0.2, 0.25) is 5.91 Å². The number of hydrogen-bond donors (Lipinski definition) is 1. The van der Waals surface area contributed by atoms with Crippen molar-refractivity contribution in [2.75, 3.05) is 20.3 Å². The molecule has 2 rings (SSSR count). The maximum Gasteiger partial charge on any atom is 0.244 e. The van der Waals surface area contributed by atoms with Gasteiger partial charge in [-0.3, -0.25) is 4.79 Å². The second-order valence-corrected chi connectivity index (χ2v) is 5.01. The van der Waals surface area contributed by atoms with Gasteiger partial charge in [0.25, 0.3) is 0 Å². The molecule has 0 aromatic heterocycles. The SMILES string of the molecule is COc1ccc(OCCNC(=O)/C=C(\C)c2ccccc2)cc1. The van der Waals surface area contributed by atoms with Crippen LogP contribution in [-0.2, 0) is 4.79 Å². The maximum absolute atomic E-state index is 11.9. The van der Waals surface area contributed by atoms with Crippen molar-refractivity contribution in [2.24, 2.45) is 0 Å². The summed E-state index contributed by atoms with van der Waals surface area (Å²) in [4.78, 5) is 11.9. The van der Waals surface area contributed by atoms with Crippen molar-refractivity contribution in [3.8, 4) is 11.5 Å². The van der Waals surface area contributed by atoms with E-state index in [0.29, 0.717) is 13.2 Å². The summed E-state index contributed by atoms with van der Waals surface area (Å²) in [5.41, 5.74) is 1.97. The summed E-state index contributed by atoms with van der Waals surface area (Å²) >= 11 is 0. The Hall–Kier alpha value is -2.75. The Morgan fingerprint density at radius 2 is 1.70 bits per heavy atom. The van der Waals surface area contributed by atoms with Crippen LogP contribution in [-0.4, -0.2) is 26.2 Å². The van der Waals surface area contributed by atoms with E-state index in [0.717, 1.165) is 22.6 Å². The first-order valence-corrected chi connectivity index (χ1v) is 7.47. The van der Waals surface area contributed by atoms with Crippen LogP contribution in [0.4, 0.5) is 0 Å². The molecule has 4 nitrogen and oxygen atoms in total. The van der Waals surface area contributed by atoms with Crippen LogP contribution in [0.15, 0.2) is 60.7 Å². The second-order valence-electron chi connectivity index (χ2n) is 5.01. The highest BCUT2D eigenvalue weighted by Gasteiger charge is 2.00. The Morgan fingerprint density at radius 3 is 2.35 bits per heavy atom. The molecular weight excluding hydrogens is 290 g/mol. The number of methoxy groups -OCH3 is 1. The van der Waals surface area contributed by atoms with Crippen molar-refractivity contribution in [1.29, 1.82) is 0 Å². The van der Waals surface area contributed by atoms with Crippen molar-refractivity contribution in [3.63, 3.8) is 0 Å². The van der Waals surface area contributed by atoms with Gasteiger partial charge < -0.3 is 14.8 Å². The highest BCUT2D eigenvalue weighted by atomic mass is 16.5. The monoisotopic (exact) mass is 311 g/mol. The molecule has 120 valence electrons. The Labute approximate surface area is 136 Å². The number of rotatable bonds is 7. The molecule has 23 heavy (non-hydrogen) atoms. The molecule has 0 heterocycles. The summed E-state index contributed by atoms with van der Waals surface area (Å²) in [5, 5.41) is 2.81. The first-order chi connectivity index (χ1) is 11.2. The zero-order valence-corrected chi connectivity index (χ0v) is 13.4. The molecule has 0 aliphatic heterocycles. The van der Waals surface area contributed by atoms with E-state index in [1.165, 1.54) is 0 Å². The molecule has 0 atom stereocenters. The molecular formula is C19H21NO3. The van der Waals surface area contributed by atoms with Crippen LogP contribution in [0.5, 0.6) is 11.5 Å². The van der Waals surface area contributed by atoms with Crippen molar-refractivity contribution in [2.45, 2.75) is 6.92 Å². The molecule has 1 amide bonds. The first kappa shape index (κ1) is 16.6. The van der Waals surface area contributed by atoms with Gasteiger partial charge in [-0.1, -0.05) is 30.3 Å². The molecule has 0 fully saturated rings. The molecule has 0 saturated heterocycles. The quantitative estimate of drug-likeness (QED) is 0.630. The van der Waals surface area contributed by atoms with Gasteiger partial charge in [-0.25, -0.2) is 0 Å². The number of amides is 1. The predicted octanol–water partition coefficient (Wildman–Crippen LogP) is 3.29. The molecule has 0 unspecified atom stereocenters. The first-order valence-electron chi connectivity index (χ1n) is 7.47. The molecule has 2 aromatic rings. The van der Waals surface area contributed by atoms with Crippen LogP contribution in [0.25, 0.3) is 5.57 Å². The van der Waals surface area contributed by atoms with E-state index in [1.807, 2.05) is 61.5 Å². The van der Waals surface area contributed by atoms with E-state index < -0.39 is 0 Å². The fourth-order valence-electron chi connectivity index (χ4n) is 2.05. The summed E-state index contributed by atoms with van der Waals surface area (Å²) < 4.78 is 10.6. The highest BCUT2D eigenvalue weighted by molar-refractivity contribution is 5.94. The minimum atomic E-state index is -0.121. The number of nitrogens with one attached hydrogen (secondary N) is 1. The molecule has 0 aliphatic rings. The van der Waals surface area contributed by atoms with Gasteiger partial charge >= 0.3 is 0 Å². The molecule has 0 radical (unpaired) electrons. The molecule has 0 saturated carbocycles. The molecule has 0 spiro atoms. The second kappa shape index (κ2) is 8.63. The number of benzene rings is 2. The van der Waals surface area contributed by atoms with Gasteiger partial charge in [0.15, 0.2) is 0 Å². The van der Waals surface area contributed by atoms with Crippen molar-refractivity contribution in [3.05, 3.63) is 66.2 Å². The van der Waals surface area contributed by atoms with E-state index in [9.17, 15) is 4.79 Å². The number of carbonyl (C=O) groups excluding carboxylic acids is 1. The largest absolute Gasteiger partial charge is 0.497 e. The third-order valence-electron chi connectivity index (χ3n) is 3.31. The Kier molecular flexibility index (Phi) is 6.24. The minimum absolute atomic E-state index is 0.121. The van der Waals surface area contributed by atoms with Crippen LogP contribution in [0.1, 0.15) is 12.5 Å². The van der Waals surface area contributed by atoms with E-state index in [-0.39, 0.29) is 5.91 Å². The lowest BCUT2D eigenvalue weighted by Gasteiger charge is -2.08. The Morgan fingerprint density at radius 1 is 1.04 bits per heavy atom.